The van der Waals surface area contributed by atoms with E-state index in [-0.39, 0.29) is 54.2 Å². The number of carbonyl (C=O) groups is 4. The van der Waals surface area contributed by atoms with Crippen molar-refractivity contribution in [2.75, 3.05) is 23.0 Å². The van der Waals surface area contributed by atoms with E-state index in [1.807, 2.05) is 54.6 Å². The van der Waals surface area contributed by atoms with Crippen molar-refractivity contribution >= 4 is 68.8 Å². The first-order valence-electron chi connectivity index (χ1n) is 11.5. The van der Waals surface area contributed by atoms with Gasteiger partial charge in [0.25, 0.3) is 11.8 Å². The van der Waals surface area contributed by atoms with E-state index in [1.54, 1.807) is 11.0 Å². The third-order valence-electron chi connectivity index (χ3n) is 6.24. The van der Waals surface area contributed by atoms with Crippen LogP contribution in [0.1, 0.15) is 7.85 Å². The van der Waals surface area contributed by atoms with Gasteiger partial charge < -0.3 is 16.7 Å². The predicted octanol–water partition coefficient (Wildman–Crippen LogP) is 0.760. The molecule has 0 spiro atoms. The number of thioether (sulfide) groups is 2. The van der Waals surface area contributed by atoms with E-state index in [1.165, 1.54) is 28.4 Å². The molecule has 0 aromatic heterocycles. The summed E-state index contributed by atoms with van der Waals surface area (Å²) in [7, 11) is 0. The summed E-state index contributed by atoms with van der Waals surface area (Å²) in [6, 6.07) is 16.1. The number of hydrogen-bond acceptors (Lipinski definition) is 6. The van der Waals surface area contributed by atoms with Gasteiger partial charge >= 0.3 is 35.5 Å². The van der Waals surface area contributed by atoms with Gasteiger partial charge in [-0.3, -0.25) is 19.3 Å². The van der Waals surface area contributed by atoms with Gasteiger partial charge in [-0.25, -0.2) is 4.79 Å². The molecule has 0 aliphatic carbocycles. The molecule has 2 fully saturated rings. The molecule has 38 heavy (non-hydrogen) atoms. The molecule has 8 nitrogen and oxygen atoms in total. The molecule has 2 aromatic rings. The van der Waals surface area contributed by atoms with E-state index in [0.29, 0.717) is 29.9 Å². The Morgan fingerprint density at radius 1 is 1.16 bits per heavy atom. The Hall–Kier alpha value is -2.02. The molecule has 2 saturated heterocycles. The number of amides is 3. The zero-order chi connectivity index (χ0) is 26.1. The molecule has 12 heteroatoms. The Bertz CT molecular complexity index is 1340. The maximum absolute atomic E-state index is 13.0. The van der Waals surface area contributed by atoms with Crippen LogP contribution in [0.5, 0.6) is 0 Å². The van der Waals surface area contributed by atoms with Crippen LogP contribution in [-0.2, 0) is 19.2 Å². The largest absolute Gasteiger partial charge is 1.00 e. The number of para-hydroxylation sites is 1. The van der Waals surface area contributed by atoms with Gasteiger partial charge in [-0.15, -0.1) is 23.5 Å². The fourth-order valence-corrected chi connectivity index (χ4v) is 6.74. The van der Waals surface area contributed by atoms with Crippen molar-refractivity contribution in [1.29, 1.82) is 0 Å². The molecule has 3 aliphatic heterocycles. The van der Waals surface area contributed by atoms with Crippen molar-refractivity contribution in [2.24, 2.45) is 0 Å². The van der Waals surface area contributed by atoms with Crippen molar-refractivity contribution in [1.82, 2.24) is 10.2 Å². The molecule has 0 saturated carbocycles. The predicted molar refractivity (Wildman–Crippen MR) is 147 cm³/mol. The molecule has 0 radical (unpaired) electrons. The zero-order valence-electron chi connectivity index (χ0n) is 21.4. The average molecular weight is 625 g/mol. The van der Waals surface area contributed by atoms with Crippen LogP contribution in [0.25, 0.3) is 0 Å². The number of β-lactam (4-membered cyclic amide) rings is 1. The molecule has 3 aliphatic rings. The second kappa shape index (κ2) is 12.4. The Labute approximate surface area is 260 Å². The molecule has 2 aromatic carbocycles. The molecule has 2 atom stereocenters. The summed E-state index contributed by atoms with van der Waals surface area (Å²) in [5.41, 5.74) is 1.61. The van der Waals surface area contributed by atoms with Gasteiger partial charge in [-0.1, -0.05) is 34.1 Å². The number of carboxylic acids is 1. The van der Waals surface area contributed by atoms with Crippen LogP contribution in [0.15, 0.2) is 86.9 Å². The number of nitrogens with one attached hydrogen (secondary N) is 1. The maximum Gasteiger partial charge on any atom is 1.00 e. The van der Waals surface area contributed by atoms with Gasteiger partial charge in [-0.2, -0.15) is 0 Å². The van der Waals surface area contributed by atoms with Crippen molar-refractivity contribution in [3.63, 3.8) is 0 Å². The fourth-order valence-electron chi connectivity index (χ4n) is 4.46. The first-order chi connectivity index (χ1) is 17.8. The minimum atomic E-state index is -1.23. The number of carboxylic acid groups (broad SMARTS) is 1. The molecular weight excluding hydrogens is 601 g/mol. The molecule has 3 heterocycles. The average Bonchev–Trinajstić information content (AvgIpc) is 3.26. The molecule has 3 amide bonds. The molecule has 192 valence electrons. The number of benzene rings is 2. The first kappa shape index (κ1) is 29.0. The molecular formula is C26H23BrN3NaO5S2. The monoisotopic (exact) mass is 623 g/mol. The number of anilines is 1. The molecule has 0 unspecified atom stereocenters. The first-order valence-corrected chi connectivity index (χ1v) is 14.3. The minimum Gasteiger partial charge on any atom is -1.00 e. The number of allylic oxidation sites excluding steroid dienone is 1. The summed E-state index contributed by atoms with van der Waals surface area (Å²) >= 11 is 6.11. The van der Waals surface area contributed by atoms with Crippen LogP contribution < -0.4 is 39.8 Å². The number of halogens is 1. The smallest absolute Gasteiger partial charge is 1.00 e. The molecule has 0 bridgehead atoms. The second-order valence-electron chi connectivity index (χ2n) is 8.59. The van der Waals surface area contributed by atoms with Crippen molar-refractivity contribution < 1.29 is 55.3 Å². The minimum absolute atomic E-state index is 0. The summed E-state index contributed by atoms with van der Waals surface area (Å²) in [6.45, 7) is 0.509. The quantitative estimate of drug-likeness (QED) is 0.203. The van der Waals surface area contributed by atoms with Crippen LogP contribution in [0.3, 0.4) is 0 Å². The SMILES string of the molecule is O=C(CSc1ccc(Br)cc1)N[C@@H]1C(=O)N2C(C(=O)O)=C(/C=C3\CCN(c4ccccc4)C3=O)CS[C@H]12.[H-].[Na+]. The van der Waals surface area contributed by atoms with E-state index in [2.05, 4.69) is 21.2 Å². The summed E-state index contributed by atoms with van der Waals surface area (Å²) in [5.74, 6) is -1.70. The normalized spacial score (nSPS) is 21.7. The van der Waals surface area contributed by atoms with E-state index in [0.717, 1.165) is 15.1 Å². The third-order valence-corrected chi connectivity index (χ3v) is 9.08. The van der Waals surface area contributed by atoms with Gasteiger partial charge in [0.05, 0.1) is 5.75 Å². The van der Waals surface area contributed by atoms with Crippen LogP contribution in [0, 0.1) is 0 Å². The molecule has 2 N–H and O–H groups in total. The van der Waals surface area contributed by atoms with Crippen LogP contribution in [0.2, 0.25) is 0 Å². The summed E-state index contributed by atoms with van der Waals surface area (Å²) < 4.78 is 0.943. The van der Waals surface area contributed by atoms with Crippen molar-refractivity contribution in [3.05, 3.63) is 82.0 Å². The van der Waals surface area contributed by atoms with Gasteiger partial charge in [0.15, 0.2) is 0 Å². The second-order valence-corrected chi connectivity index (χ2v) is 11.7. The Morgan fingerprint density at radius 3 is 2.55 bits per heavy atom. The zero-order valence-corrected chi connectivity index (χ0v) is 25.6. The van der Waals surface area contributed by atoms with E-state index in [9.17, 15) is 24.3 Å². The number of hydrogen-bond donors (Lipinski definition) is 2. The number of aliphatic carboxylic acids is 1. The van der Waals surface area contributed by atoms with E-state index >= 15 is 0 Å². The Balaban J connectivity index is 0.00000210. The fraction of sp³-hybridized carbons (Fsp3) is 0.231. The maximum atomic E-state index is 13.0. The van der Waals surface area contributed by atoms with Crippen LogP contribution >= 0.6 is 39.5 Å². The third kappa shape index (κ3) is 5.93. The Morgan fingerprint density at radius 2 is 1.87 bits per heavy atom. The van der Waals surface area contributed by atoms with Gasteiger partial charge in [-0.05, 0) is 54.5 Å². The van der Waals surface area contributed by atoms with E-state index in [4.69, 9.17) is 0 Å². The van der Waals surface area contributed by atoms with Crippen molar-refractivity contribution in [2.45, 2.75) is 22.7 Å². The van der Waals surface area contributed by atoms with Crippen LogP contribution in [-0.4, -0.2) is 63.2 Å². The number of rotatable bonds is 7. The topological polar surface area (TPSA) is 107 Å². The molecule has 5 rings (SSSR count). The van der Waals surface area contributed by atoms with Crippen molar-refractivity contribution in [3.8, 4) is 0 Å². The standard InChI is InChI=1S/C26H22BrN3O5S2.Na.H/c27-17-6-8-19(9-7-17)36-14-20(31)28-21-24(33)30-22(26(34)35)16(13-37-25(21)30)12-15-10-11-29(23(15)32)18-4-2-1-3-5-18;;/h1-9,12,21,25H,10-11,13-14H2,(H,28,31)(H,34,35);;/q;+1;-1/b15-12+;;/t21-,25-;;/m1../s1. The summed E-state index contributed by atoms with van der Waals surface area (Å²) in [4.78, 5) is 54.4. The summed E-state index contributed by atoms with van der Waals surface area (Å²) in [6.07, 6.45) is 2.10. The van der Waals surface area contributed by atoms with Gasteiger partial charge in [0, 0.05) is 32.9 Å². The van der Waals surface area contributed by atoms with Gasteiger partial charge in [0.2, 0.25) is 5.91 Å². The van der Waals surface area contributed by atoms with Gasteiger partial charge in [0.1, 0.15) is 17.1 Å². The Kier molecular flexibility index (Phi) is 9.49. The number of carbonyl (C=O) groups excluding carboxylic acids is 3. The van der Waals surface area contributed by atoms with E-state index < -0.39 is 23.3 Å². The van der Waals surface area contributed by atoms with Crippen LogP contribution in [0.4, 0.5) is 5.69 Å². The number of fused-ring (bicyclic) bond motifs is 1. The number of nitrogens with zero attached hydrogens (tertiary/aromatic N) is 2. The summed E-state index contributed by atoms with van der Waals surface area (Å²) in [5, 5.41) is 12.2.